The van der Waals surface area contributed by atoms with Crippen LogP contribution in [0.25, 0.3) is 0 Å². The lowest BCUT2D eigenvalue weighted by atomic mass is 10.0. The Morgan fingerprint density at radius 3 is 2.54 bits per heavy atom. The van der Waals surface area contributed by atoms with Gasteiger partial charge in [-0.2, -0.15) is 0 Å². The third-order valence-electron chi connectivity index (χ3n) is 4.57. The Labute approximate surface area is 143 Å². The highest BCUT2D eigenvalue weighted by atomic mass is 32.2. The fourth-order valence-corrected chi connectivity index (χ4v) is 5.25. The number of hydrogen-bond donors (Lipinski definition) is 3. The van der Waals surface area contributed by atoms with Crippen LogP contribution >= 0.6 is 0 Å². The number of carbonyl (C=O) groups excluding carboxylic acids is 1. The maximum absolute atomic E-state index is 12.6. The summed E-state index contributed by atoms with van der Waals surface area (Å²) in [6, 6.07) is 9.86. The number of hydroxylamine groups is 1. The van der Waals surface area contributed by atoms with Crippen molar-refractivity contribution >= 4 is 15.7 Å². The minimum absolute atomic E-state index is 0.196. The molecule has 6 nitrogen and oxygen atoms in total. The van der Waals surface area contributed by atoms with Gasteiger partial charge in [-0.25, -0.2) is 13.9 Å². The monoisotopic (exact) mass is 354 g/mol. The first-order valence-electron chi connectivity index (χ1n) is 8.43. The number of carbonyl (C=O) groups is 1. The van der Waals surface area contributed by atoms with Crippen molar-refractivity contribution in [3.05, 3.63) is 35.9 Å². The van der Waals surface area contributed by atoms with Crippen molar-refractivity contribution in [2.75, 3.05) is 18.8 Å². The van der Waals surface area contributed by atoms with Crippen LogP contribution in [0, 0.1) is 5.92 Å². The molecule has 1 aromatic rings. The minimum atomic E-state index is -3.34. The van der Waals surface area contributed by atoms with Gasteiger partial charge in [-0.15, -0.1) is 0 Å². The average molecular weight is 354 g/mol. The second kappa shape index (κ2) is 9.15. The fraction of sp³-hybridized carbons (Fsp3) is 0.588. The SMILES string of the molecule is O=C(NO)C(CCCc1ccccc1)CS(=O)(=O)C1CCNCC1. The van der Waals surface area contributed by atoms with E-state index in [1.54, 1.807) is 5.48 Å². The molecule has 0 aromatic heterocycles. The van der Waals surface area contributed by atoms with Crippen molar-refractivity contribution < 1.29 is 18.4 Å². The van der Waals surface area contributed by atoms with Crippen molar-refractivity contribution in [1.29, 1.82) is 0 Å². The number of hydrogen-bond acceptors (Lipinski definition) is 5. The van der Waals surface area contributed by atoms with E-state index < -0.39 is 21.7 Å². The zero-order valence-corrected chi connectivity index (χ0v) is 14.6. The van der Waals surface area contributed by atoms with Crippen LogP contribution in [0.15, 0.2) is 30.3 Å². The van der Waals surface area contributed by atoms with Crippen LogP contribution in [0.3, 0.4) is 0 Å². The quantitative estimate of drug-likeness (QED) is 0.483. The van der Waals surface area contributed by atoms with Gasteiger partial charge in [0.25, 0.3) is 0 Å². The molecule has 0 radical (unpaired) electrons. The van der Waals surface area contributed by atoms with Crippen molar-refractivity contribution in [2.45, 2.75) is 37.4 Å². The van der Waals surface area contributed by atoms with Crippen molar-refractivity contribution in [2.24, 2.45) is 5.92 Å². The summed E-state index contributed by atoms with van der Waals surface area (Å²) in [6.45, 7) is 1.38. The number of amides is 1. The summed E-state index contributed by atoms with van der Waals surface area (Å²) in [5.41, 5.74) is 2.78. The first kappa shape index (κ1) is 18.9. The van der Waals surface area contributed by atoms with Crippen LogP contribution in [-0.4, -0.2) is 43.6 Å². The summed E-state index contributed by atoms with van der Waals surface area (Å²) in [5, 5.41) is 11.7. The van der Waals surface area contributed by atoms with Crippen LogP contribution < -0.4 is 10.8 Å². The zero-order chi connectivity index (χ0) is 17.4. The summed E-state index contributed by atoms with van der Waals surface area (Å²) >= 11 is 0. The molecule has 24 heavy (non-hydrogen) atoms. The minimum Gasteiger partial charge on any atom is -0.317 e. The molecule has 7 heteroatoms. The second-order valence-corrected chi connectivity index (χ2v) is 8.66. The molecule has 1 amide bonds. The summed E-state index contributed by atoms with van der Waals surface area (Å²) in [7, 11) is -3.34. The van der Waals surface area contributed by atoms with Gasteiger partial charge in [-0.1, -0.05) is 30.3 Å². The lowest BCUT2D eigenvalue weighted by Gasteiger charge is -2.24. The predicted octanol–water partition coefficient (Wildman–Crippen LogP) is 1.30. The highest BCUT2D eigenvalue weighted by Gasteiger charge is 2.32. The Hall–Kier alpha value is -1.44. The van der Waals surface area contributed by atoms with Gasteiger partial charge in [0.15, 0.2) is 9.84 Å². The van der Waals surface area contributed by atoms with Crippen LogP contribution in [0.4, 0.5) is 0 Å². The van der Waals surface area contributed by atoms with Crippen LogP contribution in [-0.2, 0) is 21.1 Å². The van der Waals surface area contributed by atoms with Crippen LogP contribution in [0.5, 0.6) is 0 Å². The van der Waals surface area contributed by atoms with Crippen molar-refractivity contribution in [1.82, 2.24) is 10.8 Å². The molecule has 0 spiro atoms. The van der Waals surface area contributed by atoms with Crippen molar-refractivity contribution in [3.8, 4) is 0 Å². The van der Waals surface area contributed by atoms with Gasteiger partial charge in [0.2, 0.25) is 5.91 Å². The molecule has 2 rings (SSSR count). The molecular weight excluding hydrogens is 328 g/mol. The lowest BCUT2D eigenvalue weighted by molar-refractivity contribution is -0.132. The Kier molecular flexibility index (Phi) is 7.20. The molecule has 1 aromatic carbocycles. The van der Waals surface area contributed by atoms with E-state index in [0.717, 1.165) is 12.0 Å². The number of benzene rings is 1. The summed E-state index contributed by atoms with van der Waals surface area (Å²) in [4.78, 5) is 11.9. The Morgan fingerprint density at radius 2 is 1.92 bits per heavy atom. The standard InChI is InChI=1S/C17H26N2O4S/c20-17(19-21)15(8-4-7-14-5-2-1-3-6-14)13-24(22,23)16-9-11-18-12-10-16/h1-3,5-6,15-16,18,21H,4,7-13H2,(H,19,20). The number of sulfone groups is 1. The largest absolute Gasteiger partial charge is 0.317 e. The summed E-state index contributed by atoms with van der Waals surface area (Å²) in [6.07, 6.45) is 3.08. The highest BCUT2D eigenvalue weighted by molar-refractivity contribution is 7.92. The van der Waals surface area contributed by atoms with E-state index in [1.807, 2.05) is 30.3 Å². The lowest BCUT2D eigenvalue weighted by Crippen LogP contribution is -2.40. The highest BCUT2D eigenvalue weighted by Crippen LogP contribution is 2.20. The third-order valence-corrected chi connectivity index (χ3v) is 6.92. The molecule has 1 aliphatic heterocycles. The zero-order valence-electron chi connectivity index (χ0n) is 13.8. The maximum atomic E-state index is 12.6. The maximum Gasteiger partial charge on any atom is 0.247 e. The molecule has 0 saturated carbocycles. The Balaban J connectivity index is 1.93. The van der Waals surface area contributed by atoms with E-state index in [2.05, 4.69) is 5.32 Å². The molecule has 1 fully saturated rings. The Morgan fingerprint density at radius 1 is 1.25 bits per heavy atom. The molecule has 1 aliphatic rings. The van der Waals surface area contributed by atoms with Crippen LogP contribution in [0.1, 0.15) is 31.2 Å². The summed E-state index contributed by atoms with van der Waals surface area (Å²) < 4.78 is 25.1. The molecular formula is C17H26N2O4S. The van der Waals surface area contributed by atoms with Gasteiger partial charge in [0.05, 0.1) is 16.9 Å². The van der Waals surface area contributed by atoms with Gasteiger partial charge in [-0.05, 0) is 50.8 Å². The van der Waals surface area contributed by atoms with Gasteiger partial charge < -0.3 is 5.32 Å². The number of piperidine rings is 1. The van der Waals surface area contributed by atoms with E-state index in [-0.39, 0.29) is 11.0 Å². The topological polar surface area (TPSA) is 95.5 Å². The van der Waals surface area contributed by atoms with E-state index >= 15 is 0 Å². The van der Waals surface area contributed by atoms with E-state index in [9.17, 15) is 13.2 Å². The molecule has 0 bridgehead atoms. The smallest absolute Gasteiger partial charge is 0.247 e. The van der Waals surface area contributed by atoms with E-state index in [0.29, 0.717) is 38.8 Å². The van der Waals surface area contributed by atoms with Gasteiger partial charge >= 0.3 is 0 Å². The van der Waals surface area contributed by atoms with E-state index in [4.69, 9.17) is 5.21 Å². The normalized spacial score (nSPS) is 17.4. The average Bonchev–Trinajstić information content (AvgIpc) is 2.62. The van der Waals surface area contributed by atoms with Crippen molar-refractivity contribution in [3.63, 3.8) is 0 Å². The number of aryl methyl sites for hydroxylation is 1. The first-order chi connectivity index (χ1) is 11.5. The molecule has 134 valence electrons. The second-order valence-electron chi connectivity index (χ2n) is 6.33. The Bertz CT molecular complexity index is 613. The number of rotatable bonds is 8. The molecule has 1 heterocycles. The summed E-state index contributed by atoms with van der Waals surface area (Å²) in [5.74, 6) is -1.52. The fourth-order valence-electron chi connectivity index (χ4n) is 3.15. The van der Waals surface area contributed by atoms with Gasteiger partial charge in [0.1, 0.15) is 0 Å². The van der Waals surface area contributed by atoms with Crippen LogP contribution in [0.2, 0.25) is 0 Å². The molecule has 0 aliphatic carbocycles. The molecule has 1 atom stereocenters. The predicted molar refractivity (Wildman–Crippen MR) is 92.5 cm³/mol. The first-order valence-corrected chi connectivity index (χ1v) is 10.1. The third kappa shape index (κ3) is 5.58. The van der Waals surface area contributed by atoms with E-state index in [1.165, 1.54) is 0 Å². The van der Waals surface area contributed by atoms with Gasteiger partial charge in [-0.3, -0.25) is 10.0 Å². The molecule has 1 saturated heterocycles. The number of nitrogens with one attached hydrogen (secondary N) is 2. The molecule has 3 N–H and O–H groups in total. The van der Waals surface area contributed by atoms with Gasteiger partial charge in [0, 0.05) is 0 Å². The molecule has 1 unspecified atom stereocenters.